The van der Waals surface area contributed by atoms with Gasteiger partial charge in [-0.25, -0.2) is 18.3 Å². The maximum atomic E-state index is 8.67. The molecule has 0 aliphatic carbocycles. The number of nitrogens with zero attached hydrogens (tertiary/aromatic N) is 8. The molecular formula is C100H124N8O8Si8+4. The number of benzene rings is 8. The summed E-state index contributed by atoms with van der Waals surface area (Å²) in [5, 5.41) is 2.91. The van der Waals surface area contributed by atoms with E-state index in [0.29, 0.717) is 26.2 Å². The zero-order valence-electron chi connectivity index (χ0n) is 76.0. The molecule has 8 aromatic carbocycles. The minimum absolute atomic E-state index is 0.593. The molecule has 0 atom stereocenters. The molecule has 640 valence electrons. The van der Waals surface area contributed by atoms with Gasteiger partial charge in [-0.1, -0.05) is 194 Å². The summed E-state index contributed by atoms with van der Waals surface area (Å²) in [5.74, 6) is 0. The van der Waals surface area contributed by atoms with Crippen LogP contribution < -0.4 is 58.6 Å². The summed E-state index contributed by atoms with van der Waals surface area (Å²) in [6.45, 7) is 28.8. The zero-order valence-corrected chi connectivity index (χ0v) is 84.0. The van der Waals surface area contributed by atoms with E-state index in [9.17, 15) is 0 Å². The van der Waals surface area contributed by atoms with Gasteiger partial charge in [-0.2, -0.15) is 0 Å². The van der Waals surface area contributed by atoms with Gasteiger partial charge in [0.25, 0.3) is 0 Å². The number of rotatable bonds is 32. The fourth-order valence-corrected chi connectivity index (χ4v) is 47.4. The molecule has 0 amide bonds. The Bertz CT molecular complexity index is 4920. The van der Waals surface area contributed by atoms with Crippen LogP contribution in [0.2, 0.25) is 78.6 Å². The van der Waals surface area contributed by atoms with Crippen molar-refractivity contribution < 1.29 is 51.2 Å². The Morgan fingerprint density at radius 3 is 0.500 bits per heavy atom. The number of anilines is 4. The van der Waals surface area contributed by atoms with Crippen LogP contribution in [0, 0.1) is 0 Å². The van der Waals surface area contributed by atoms with Gasteiger partial charge in [0, 0.05) is 171 Å². The zero-order chi connectivity index (χ0) is 88.2. The summed E-state index contributed by atoms with van der Waals surface area (Å²) in [7, 11) is -13.6. The predicted octanol–water partition coefficient (Wildman–Crippen LogP) is 17.1. The summed E-state index contributed by atoms with van der Waals surface area (Å²) in [5.41, 5.74) is 17.9. The Hall–Kier alpha value is -10.1. The van der Waals surface area contributed by atoms with Gasteiger partial charge in [0.15, 0.2) is 109 Å². The Labute approximate surface area is 746 Å². The topological polar surface area (TPSA) is 102 Å². The van der Waals surface area contributed by atoms with E-state index in [1.807, 2.05) is 0 Å². The SMILES string of the molecule is CN(C)c1ccc(/C=C/c2cc[n+](Cc3ccc([Si]4(O[Si](C)(C)C)O[Si](O[Si](C)(C)C)(c5ccc(C[n+]6ccc(/C=C/c7ccc(N(C)C)cc7)cc6)cc5)O[Si](O[Si](C)(C)C)(c5ccc(C[n+]6ccc(/C=C/c7ccc(N(C)C)cc7)cc6)cc5)O[Si](O[Si](C)(C)C)(c5ccc(C[n+]6ccc(/C=C/c7ccc(N(C)C)cc7)cc6)cc5)O4)cc3)cc2)cc1. The maximum absolute atomic E-state index is 8.67. The lowest BCUT2D eigenvalue weighted by molar-refractivity contribution is -0.688. The van der Waals surface area contributed by atoms with E-state index in [-0.39, 0.29) is 0 Å². The molecule has 0 unspecified atom stereocenters. The number of hydrogen-bond acceptors (Lipinski definition) is 12. The predicted molar refractivity (Wildman–Crippen MR) is 531 cm³/mol. The lowest BCUT2D eigenvalue weighted by atomic mass is 10.1. The molecule has 0 N–H and O–H groups in total. The van der Waals surface area contributed by atoms with Crippen molar-refractivity contribution in [2.45, 2.75) is 105 Å². The molecule has 0 spiro atoms. The van der Waals surface area contributed by atoms with E-state index >= 15 is 0 Å². The quantitative estimate of drug-likeness (QED) is 0.0296. The van der Waals surface area contributed by atoms with E-state index in [1.165, 1.54) is 0 Å². The van der Waals surface area contributed by atoms with Crippen molar-refractivity contribution in [1.29, 1.82) is 0 Å². The van der Waals surface area contributed by atoms with Crippen LogP contribution >= 0.6 is 0 Å². The summed E-state index contributed by atoms with van der Waals surface area (Å²) in [6.07, 6.45) is 34.4. The van der Waals surface area contributed by atoms with Gasteiger partial charge in [-0.05, 0) is 172 Å². The van der Waals surface area contributed by atoms with Crippen molar-refractivity contribution in [3.8, 4) is 0 Å². The molecule has 13 rings (SSSR count). The molecule has 124 heavy (non-hydrogen) atoms. The van der Waals surface area contributed by atoms with Crippen molar-refractivity contribution in [2.75, 3.05) is 76.0 Å². The molecule has 1 aliphatic heterocycles. The van der Waals surface area contributed by atoms with Crippen molar-refractivity contribution in [3.63, 3.8) is 0 Å². The monoisotopic (exact) mass is 1790 g/mol. The van der Waals surface area contributed by atoms with Crippen LogP contribution in [0.15, 0.2) is 292 Å². The third kappa shape index (κ3) is 25.2. The van der Waals surface area contributed by atoms with Crippen molar-refractivity contribution >= 4 is 161 Å². The Balaban J connectivity index is 0.941. The van der Waals surface area contributed by atoms with Crippen molar-refractivity contribution in [2.24, 2.45) is 0 Å². The molecule has 12 aromatic rings. The third-order valence-corrected chi connectivity index (χ3v) is 47.6. The highest BCUT2D eigenvalue weighted by Crippen LogP contribution is 2.39. The largest absolute Gasteiger partial charge is 0.512 e. The number of aromatic nitrogens is 4. The molecule has 1 saturated heterocycles. The van der Waals surface area contributed by atoms with Crippen molar-refractivity contribution in [3.05, 3.63) is 359 Å². The lowest BCUT2D eigenvalue weighted by Gasteiger charge is -2.53. The Morgan fingerprint density at radius 2 is 0.363 bits per heavy atom. The molecule has 0 radical (unpaired) electrons. The Kier molecular flexibility index (Phi) is 29.0. The van der Waals surface area contributed by atoms with E-state index in [0.717, 1.165) is 110 Å². The molecule has 4 aromatic heterocycles. The Morgan fingerprint density at radius 1 is 0.218 bits per heavy atom. The van der Waals surface area contributed by atoms with Gasteiger partial charge in [0.2, 0.25) is 0 Å². The first-order chi connectivity index (χ1) is 58.9. The van der Waals surface area contributed by atoms with E-state index in [2.05, 4.69) is 514 Å². The first-order valence-electron chi connectivity index (χ1n) is 42.7. The molecular weight excluding hydrogens is 1670 g/mol. The first kappa shape index (κ1) is 91.6. The fraction of sp³-hybridized carbons (Fsp3) is 0.240. The van der Waals surface area contributed by atoms with Crippen LogP contribution in [-0.4, -0.2) is 125 Å². The first-order valence-corrected chi connectivity index (χ1v) is 63.2. The molecule has 1 fully saturated rings. The number of pyridine rings is 4. The van der Waals surface area contributed by atoms with Gasteiger partial charge in [-0.3, -0.25) is 0 Å². The van der Waals surface area contributed by atoms with Crippen LogP contribution in [0.4, 0.5) is 22.7 Å². The highest BCUT2D eigenvalue weighted by atomic mass is 28.6. The van der Waals surface area contributed by atoms with E-state index in [4.69, 9.17) is 32.9 Å². The number of hydrogen-bond donors (Lipinski definition) is 0. The summed E-state index contributed by atoms with van der Waals surface area (Å²) in [4.78, 5) is 8.45. The molecule has 0 bridgehead atoms. The molecule has 16 nitrogen and oxygen atoms in total. The minimum Gasteiger partial charge on any atom is -0.413 e. The van der Waals surface area contributed by atoms with Crippen LogP contribution in [0.3, 0.4) is 0 Å². The highest BCUT2D eigenvalue weighted by Gasteiger charge is 2.73. The second-order valence-corrected chi connectivity index (χ2v) is 67.0. The minimum atomic E-state index is -4.66. The summed E-state index contributed by atoms with van der Waals surface area (Å²) in [6, 6.07) is 86.2. The van der Waals surface area contributed by atoms with Crippen LogP contribution in [0.1, 0.15) is 66.8 Å². The molecule has 5 heterocycles. The third-order valence-electron chi connectivity index (χ3n) is 20.7. The van der Waals surface area contributed by atoms with Crippen LogP contribution in [0.25, 0.3) is 48.6 Å². The maximum Gasteiger partial charge on any atom is 0.512 e. The van der Waals surface area contributed by atoms with Gasteiger partial charge in [0.1, 0.15) is 0 Å². The molecule has 1 aliphatic rings. The van der Waals surface area contributed by atoms with Crippen LogP contribution in [-0.2, 0) is 59.1 Å². The standard InChI is InChI=1S/C100H124N8O8Si8/c1-101(2)93-45-29-81(30-46-93)21-25-85-61-69-105(70-62-85)77-89-37-53-97(54-38-89)121(109-117(9,10)11)113-122(110-118(12,13)14,98-55-39-90(40-56-98)78-106-71-63-86(64-72-106)26-22-82-31-47-94(48-32-82)102(3)4)115-124(112-120(18,19)20,100-59-43-92(44-60-100)80-108-75-67-88(68-76-108)28-24-84-35-51-96(52-36-84)104(7)8)116-123(114-121,111-119(15,16)17)99-57-41-91(42-58-99)79-107-73-65-87(66-74-107)27-23-83-33-49-95(50-34-83)103(5)6/h21-76H,77-80H2,1-20H3/q+4. The van der Waals surface area contributed by atoms with Gasteiger partial charge >= 0.3 is 35.2 Å². The summed E-state index contributed by atoms with van der Waals surface area (Å²) < 4.78 is 75.9. The van der Waals surface area contributed by atoms with Crippen molar-refractivity contribution in [1.82, 2.24) is 0 Å². The second-order valence-electron chi connectivity index (χ2n) is 36.8. The summed E-state index contributed by atoms with van der Waals surface area (Å²) >= 11 is 0. The van der Waals surface area contributed by atoms with Gasteiger partial charge in [-0.15, -0.1) is 0 Å². The molecule has 24 heteroatoms. The van der Waals surface area contributed by atoms with E-state index < -0.39 is 68.5 Å². The van der Waals surface area contributed by atoms with E-state index in [1.54, 1.807) is 0 Å². The van der Waals surface area contributed by atoms with Gasteiger partial charge in [0.05, 0.1) is 0 Å². The average molecular weight is 1790 g/mol. The fourth-order valence-electron chi connectivity index (χ4n) is 14.4. The lowest BCUT2D eigenvalue weighted by Crippen LogP contribution is -2.84. The molecule has 0 saturated carbocycles. The smallest absolute Gasteiger partial charge is 0.413 e. The second kappa shape index (κ2) is 39.2. The normalized spacial score (nSPS) is 18.0. The van der Waals surface area contributed by atoms with Gasteiger partial charge < -0.3 is 52.5 Å². The van der Waals surface area contributed by atoms with Crippen LogP contribution in [0.5, 0.6) is 0 Å². The highest BCUT2D eigenvalue weighted by molar-refractivity contribution is 7.06. The average Bonchev–Trinajstić information content (AvgIpc) is 0.705.